The molecule has 1 saturated heterocycles. The summed E-state index contributed by atoms with van der Waals surface area (Å²) >= 11 is 0. The predicted molar refractivity (Wildman–Crippen MR) is 140 cm³/mol. The predicted octanol–water partition coefficient (Wildman–Crippen LogP) is 3.45. The molecule has 1 aromatic carbocycles. The van der Waals surface area contributed by atoms with E-state index in [4.69, 9.17) is 0 Å². The number of carbonyl (C=O) groups excluding carboxylic acids is 3. The minimum absolute atomic E-state index is 0.00500. The van der Waals surface area contributed by atoms with Crippen molar-refractivity contribution in [2.24, 2.45) is 0 Å². The Labute approximate surface area is 231 Å². The van der Waals surface area contributed by atoms with Gasteiger partial charge < -0.3 is 10.6 Å². The minimum Gasteiger partial charge on any atom is -0.335 e. The lowest BCUT2D eigenvalue weighted by atomic mass is 10.1. The summed E-state index contributed by atoms with van der Waals surface area (Å²) < 4.78 is 54.0. The van der Waals surface area contributed by atoms with Gasteiger partial charge in [-0.15, -0.1) is 0 Å². The fraction of sp³-hybridized carbons (Fsp3) is 0.185. The van der Waals surface area contributed by atoms with Crippen molar-refractivity contribution >= 4 is 35.2 Å². The van der Waals surface area contributed by atoms with E-state index in [-0.39, 0.29) is 41.8 Å². The monoisotopic (exact) mass is 567 g/mol. The molecule has 1 fully saturated rings. The van der Waals surface area contributed by atoms with E-state index in [2.05, 4.69) is 44.0 Å². The topological polar surface area (TPSA) is 120 Å². The lowest BCUT2D eigenvalue weighted by molar-refractivity contribution is -0.137. The third-order valence-electron chi connectivity index (χ3n) is 5.71. The summed E-state index contributed by atoms with van der Waals surface area (Å²) in [6.45, 7) is 4.19. The second kappa shape index (κ2) is 11.8. The van der Waals surface area contributed by atoms with Gasteiger partial charge in [0.25, 0.3) is 5.91 Å². The van der Waals surface area contributed by atoms with Crippen molar-refractivity contribution in [2.45, 2.75) is 19.1 Å². The minimum atomic E-state index is -4.71. The van der Waals surface area contributed by atoms with Crippen molar-refractivity contribution in [1.29, 1.82) is 0 Å². The van der Waals surface area contributed by atoms with Crippen LogP contribution in [0.5, 0.6) is 0 Å². The number of nitrogens with one attached hydrogen (secondary N) is 2. The molecule has 41 heavy (non-hydrogen) atoms. The number of hydrogen-bond donors (Lipinski definition) is 2. The second-order valence-corrected chi connectivity index (χ2v) is 8.61. The molecule has 1 aliphatic rings. The molecule has 14 heteroatoms. The Morgan fingerprint density at radius 2 is 1.95 bits per heavy atom. The Balaban J connectivity index is 1.66. The second-order valence-electron chi connectivity index (χ2n) is 8.61. The number of aryl methyl sites for hydroxylation is 1. The molecule has 10 nitrogen and oxygen atoms in total. The van der Waals surface area contributed by atoms with Gasteiger partial charge in [-0.3, -0.25) is 24.4 Å². The van der Waals surface area contributed by atoms with Gasteiger partial charge in [-0.25, -0.2) is 19.2 Å². The molecule has 3 aromatic rings. The Morgan fingerprint density at radius 1 is 1.22 bits per heavy atom. The SMILES string of the molecule is C=CC(=O)Nc1cncc(C#CCN(C(=O)[C@@H]2CNC(=O)N2c2cc(C(F)(F)F)cc(C)n2)c2ccc(F)cc2)n1. The molecule has 4 rings (SSSR count). The van der Waals surface area contributed by atoms with Crippen LogP contribution >= 0.6 is 0 Å². The summed E-state index contributed by atoms with van der Waals surface area (Å²) in [4.78, 5) is 52.1. The standard InChI is InChI=1S/C27H21F4N7O3/c1-3-24(39)36-22-15-32-13-19(35-22)5-4-10-37(20-8-6-18(28)7-9-20)25(40)21-14-33-26(41)38(21)23-12-17(27(29,30)31)11-16(2)34-23/h3,6-9,11-13,15,21H,1,10,14H2,2H3,(H,33,41)(H,35,36,39)/t21-/m0/s1. The number of anilines is 3. The molecular weight excluding hydrogens is 546 g/mol. The van der Waals surface area contributed by atoms with Crippen molar-refractivity contribution in [3.63, 3.8) is 0 Å². The zero-order valence-corrected chi connectivity index (χ0v) is 21.4. The first-order chi connectivity index (χ1) is 19.5. The van der Waals surface area contributed by atoms with E-state index in [1.165, 1.54) is 31.5 Å². The van der Waals surface area contributed by atoms with Crippen molar-refractivity contribution in [2.75, 3.05) is 28.2 Å². The Morgan fingerprint density at radius 3 is 2.63 bits per heavy atom. The van der Waals surface area contributed by atoms with Gasteiger partial charge in [0.15, 0.2) is 5.82 Å². The van der Waals surface area contributed by atoms with Crippen molar-refractivity contribution in [3.05, 3.63) is 84.2 Å². The van der Waals surface area contributed by atoms with E-state index >= 15 is 0 Å². The van der Waals surface area contributed by atoms with Gasteiger partial charge in [-0.2, -0.15) is 13.2 Å². The lowest BCUT2D eigenvalue weighted by Crippen LogP contribution is -2.48. The van der Waals surface area contributed by atoms with Crippen LogP contribution in [0.4, 0.5) is 39.7 Å². The van der Waals surface area contributed by atoms with Crippen LogP contribution < -0.4 is 20.4 Å². The third kappa shape index (κ3) is 6.82. The number of halogens is 4. The highest BCUT2D eigenvalue weighted by molar-refractivity contribution is 6.08. The van der Waals surface area contributed by atoms with Crippen LogP contribution in [0.2, 0.25) is 0 Å². The lowest BCUT2D eigenvalue weighted by Gasteiger charge is -2.28. The number of alkyl halides is 3. The fourth-order valence-electron chi connectivity index (χ4n) is 3.87. The van der Waals surface area contributed by atoms with Gasteiger partial charge in [0.2, 0.25) is 5.91 Å². The van der Waals surface area contributed by atoms with Gasteiger partial charge in [0.1, 0.15) is 23.4 Å². The first-order valence-electron chi connectivity index (χ1n) is 11.9. The quantitative estimate of drug-likeness (QED) is 0.268. The molecule has 0 radical (unpaired) electrons. The normalized spacial score (nSPS) is 14.5. The molecule has 0 spiro atoms. The van der Waals surface area contributed by atoms with Crippen LogP contribution in [0.25, 0.3) is 0 Å². The molecule has 1 atom stereocenters. The highest BCUT2D eigenvalue weighted by Crippen LogP contribution is 2.33. The van der Waals surface area contributed by atoms with E-state index in [1.54, 1.807) is 0 Å². The number of aromatic nitrogens is 3. The zero-order chi connectivity index (χ0) is 29.7. The molecule has 0 bridgehead atoms. The first-order valence-corrected chi connectivity index (χ1v) is 11.9. The van der Waals surface area contributed by atoms with E-state index in [0.29, 0.717) is 6.07 Å². The van der Waals surface area contributed by atoms with Gasteiger partial charge in [0.05, 0.1) is 24.5 Å². The molecule has 210 valence electrons. The third-order valence-corrected chi connectivity index (χ3v) is 5.71. The van der Waals surface area contributed by atoms with Crippen LogP contribution in [0.15, 0.2) is 61.4 Å². The Hall–Kier alpha value is -5.32. The summed E-state index contributed by atoms with van der Waals surface area (Å²) in [6, 6.07) is 4.30. The number of urea groups is 1. The maximum Gasteiger partial charge on any atom is 0.416 e. The summed E-state index contributed by atoms with van der Waals surface area (Å²) in [5, 5.41) is 4.90. The van der Waals surface area contributed by atoms with Crippen LogP contribution in [0.1, 0.15) is 17.0 Å². The van der Waals surface area contributed by atoms with E-state index < -0.39 is 41.4 Å². The number of amides is 4. The number of benzene rings is 1. The average Bonchev–Trinajstić information content (AvgIpc) is 3.32. The molecule has 0 saturated carbocycles. The molecule has 2 aromatic heterocycles. The summed E-state index contributed by atoms with van der Waals surface area (Å²) in [5.41, 5.74) is -0.660. The average molecular weight is 568 g/mol. The molecule has 1 aliphatic heterocycles. The molecular formula is C27H21F4N7O3. The van der Waals surface area contributed by atoms with Crippen LogP contribution in [0.3, 0.4) is 0 Å². The number of hydrogen-bond acceptors (Lipinski definition) is 6. The van der Waals surface area contributed by atoms with Crippen LogP contribution in [0, 0.1) is 24.6 Å². The summed E-state index contributed by atoms with van der Waals surface area (Å²) in [7, 11) is 0. The van der Waals surface area contributed by atoms with Gasteiger partial charge in [-0.1, -0.05) is 12.5 Å². The Kier molecular flexibility index (Phi) is 8.27. The first kappa shape index (κ1) is 28.7. The van der Waals surface area contributed by atoms with Crippen molar-refractivity contribution in [1.82, 2.24) is 20.3 Å². The zero-order valence-electron chi connectivity index (χ0n) is 21.4. The van der Waals surface area contributed by atoms with E-state index in [1.807, 2.05) is 0 Å². The fourth-order valence-corrected chi connectivity index (χ4v) is 3.87. The molecule has 0 unspecified atom stereocenters. The van der Waals surface area contributed by atoms with Crippen LogP contribution in [-0.4, -0.2) is 51.9 Å². The summed E-state index contributed by atoms with van der Waals surface area (Å²) in [6.07, 6.45) is -1.04. The highest BCUT2D eigenvalue weighted by Gasteiger charge is 2.41. The smallest absolute Gasteiger partial charge is 0.335 e. The van der Waals surface area contributed by atoms with Crippen molar-refractivity contribution < 1.29 is 31.9 Å². The maximum atomic E-state index is 13.8. The van der Waals surface area contributed by atoms with Gasteiger partial charge in [-0.05, 0) is 55.3 Å². The number of carbonyl (C=O) groups is 3. The number of rotatable bonds is 6. The molecule has 2 N–H and O–H groups in total. The van der Waals surface area contributed by atoms with E-state index in [0.717, 1.165) is 34.1 Å². The number of pyridine rings is 1. The molecule has 3 heterocycles. The maximum absolute atomic E-state index is 13.8. The van der Waals surface area contributed by atoms with Gasteiger partial charge >= 0.3 is 12.2 Å². The van der Waals surface area contributed by atoms with Gasteiger partial charge in [0, 0.05) is 17.9 Å². The van der Waals surface area contributed by atoms with Crippen molar-refractivity contribution in [3.8, 4) is 11.8 Å². The molecule has 4 amide bonds. The molecule has 0 aliphatic carbocycles. The van der Waals surface area contributed by atoms with E-state index in [9.17, 15) is 31.9 Å². The Bertz CT molecular complexity index is 1570. The summed E-state index contributed by atoms with van der Waals surface area (Å²) in [5.74, 6) is 3.44. The number of nitrogens with zero attached hydrogens (tertiary/aromatic N) is 5. The highest BCUT2D eigenvalue weighted by atomic mass is 19.4. The largest absolute Gasteiger partial charge is 0.416 e. The van der Waals surface area contributed by atoms with Crippen LogP contribution in [-0.2, 0) is 15.8 Å².